The number of nitrogens with zero attached hydrogens (tertiary/aromatic N) is 3. The number of aliphatic hydroxyl groups excluding tert-OH is 1. The fraction of sp³-hybridized carbons (Fsp3) is 0.667. The predicted octanol–water partition coefficient (Wildman–Crippen LogP) is 1.08. The Morgan fingerprint density at radius 2 is 2.21 bits per heavy atom. The molecule has 0 saturated heterocycles. The van der Waals surface area contributed by atoms with Crippen molar-refractivity contribution in [3.63, 3.8) is 0 Å². The van der Waals surface area contributed by atoms with Gasteiger partial charge in [-0.25, -0.2) is 4.39 Å². The summed E-state index contributed by atoms with van der Waals surface area (Å²) in [6.45, 7) is 0. The van der Waals surface area contributed by atoms with Gasteiger partial charge in [0, 0.05) is 13.5 Å². The summed E-state index contributed by atoms with van der Waals surface area (Å²) in [4.78, 5) is 21.2. The van der Waals surface area contributed by atoms with Crippen LogP contribution in [0.1, 0.15) is 25.0 Å². The summed E-state index contributed by atoms with van der Waals surface area (Å²) >= 11 is 0. The van der Waals surface area contributed by atoms with Gasteiger partial charge in [-0.1, -0.05) is 0 Å². The van der Waals surface area contributed by atoms with Gasteiger partial charge in [-0.05, 0) is 12.8 Å². The third-order valence-corrected chi connectivity index (χ3v) is 3.96. The highest BCUT2D eigenvalue weighted by atomic mass is 19.4. The zero-order valence-corrected chi connectivity index (χ0v) is 12.4. The molecule has 1 aliphatic rings. The summed E-state index contributed by atoms with van der Waals surface area (Å²) in [5, 5.41) is 25.9. The predicted molar refractivity (Wildman–Crippen MR) is 70.5 cm³/mol. The fourth-order valence-corrected chi connectivity index (χ4v) is 2.86. The monoisotopic (exact) mass is 354 g/mol. The van der Waals surface area contributed by atoms with Gasteiger partial charge in [0.1, 0.15) is 6.20 Å². The molecule has 0 bridgehead atoms. The van der Waals surface area contributed by atoms with Gasteiger partial charge < -0.3 is 10.4 Å². The molecule has 1 aromatic rings. The average molecular weight is 354 g/mol. The molecule has 1 aromatic heterocycles. The van der Waals surface area contributed by atoms with Crippen molar-refractivity contribution in [2.75, 3.05) is 0 Å². The summed E-state index contributed by atoms with van der Waals surface area (Å²) in [6, 6.07) is -1.53. The number of aliphatic hydroxyl groups is 1. The van der Waals surface area contributed by atoms with E-state index in [4.69, 9.17) is 0 Å². The van der Waals surface area contributed by atoms with Crippen molar-refractivity contribution in [1.82, 2.24) is 15.1 Å². The molecule has 1 amide bonds. The highest BCUT2D eigenvalue weighted by Gasteiger charge is 2.50. The molecule has 134 valence electrons. The van der Waals surface area contributed by atoms with Crippen molar-refractivity contribution in [2.45, 2.75) is 43.3 Å². The van der Waals surface area contributed by atoms with Crippen LogP contribution in [0.5, 0.6) is 0 Å². The maximum Gasteiger partial charge on any atom is 0.471 e. The molecule has 1 aliphatic carbocycles. The number of rotatable bonds is 3. The second kappa shape index (κ2) is 6.00. The van der Waals surface area contributed by atoms with Crippen LogP contribution in [-0.2, 0) is 17.5 Å². The van der Waals surface area contributed by atoms with Gasteiger partial charge in [-0.15, -0.1) is 0 Å². The molecule has 0 radical (unpaired) electrons. The Morgan fingerprint density at radius 1 is 1.58 bits per heavy atom. The van der Waals surface area contributed by atoms with Gasteiger partial charge in [0.2, 0.25) is 0 Å². The van der Waals surface area contributed by atoms with Gasteiger partial charge >= 0.3 is 17.8 Å². The Hall–Kier alpha value is -2.24. The second-order valence-corrected chi connectivity index (χ2v) is 5.61. The first-order chi connectivity index (χ1) is 11.0. The van der Waals surface area contributed by atoms with Crippen LogP contribution in [0.3, 0.4) is 0 Å². The van der Waals surface area contributed by atoms with E-state index in [0.717, 1.165) is 10.9 Å². The standard InChI is InChI=1S/C12H14F4N4O4/c1-19-9(7(5-17-19)20(23)24)11(13)3-2-8(21)6(4-11)18-10(22)12(14,15)16/h5-6,8,21H,2-4H2,1H3,(H,18,22). The van der Waals surface area contributed by atoms with Crippen molar-refractivity contribution in [3.05, 3.63) is 22.0 Å². The number of nitrogens with one attached hydrogen (secondary N) is 1. The van der Waals surface area contributed by atoms with Crippen LogP contribution in [-0.4, -0.2) is 44.0 Å². The number of hydrogen-bond acceptors (Lipinski definition) is 5. The lowest BCUT2D eigenvalue weighted by atomic mass is 9.79. The Kier molecular flexibility index (Phi) is 4.52. The maximum atomic E-state index is 15.3. The average Bonchev–Trinajstić information content (AvgIpc) is 2.85. The van der Waals surface area contributed by atoms with E-state index in [1.807, 2.05) is 0 Å². The molecule has 1 heterocycles. The number of halogens is 4. The third-order valence-electron chi connectivity index (χ3n) is 3.96. The molecular formula is C12H14F4N4O4. The van der Waals surface area contributed by atoms with Gasteiger partial charge in [0.05, 0.1) is 17.1 Å². The molecule has 2 N–H and O–H groups in total. The molecule has 0 aliphatic heterocycles. The Morgan fingerprint density at radius 3 is 2.75 bits per heavy atom. The minimum absolute atomic E-state index is 0.276. The molecule has 24 heavy (non-hydrogen) atoms. The molecule has 1 saturated carbocycles. The molecule has 3 atom stereocenters. The summed E-state index contributed by atoms with van der Waals surface area (Å²) in [7, 11) is 1.26. The van der Waals surface area contributed by atoms with Crippen LogP contribution >= 0.6 is 0 Å². The van der Waals surface area contributed by atoms with E-state index in [1.54, 1.807) is 5.32 Å². The number of carbonyl (C=O) groups excluding carboxylic acids is 1. The van der Waals surface area contributed by atoms with Crippen molar-refractivity contribution in [1.29, 1.82) is 0 Å². The summed E-state index contributed by atoms with van der Waals surface area (Å²) in [6.07, 6.45) is -7.11. The third kappa shape index (κ3) is 3.32. The molecule has 0 spiro atoms. The zero-order chi connectivity index (χ0) is 18.3. The lowest BCUT2D eigenvalue weighted by Crippen LogP contribution is -2.53. The summed E-state index contributed by atoms with van der Waals surface area (Å²) in [5.41, 5.74) is -3.43. The van der Waals surface area contributed by atoms with Crippen LogP contribution in [0.4, 0.5) is 23.2 Å². The highest BCUT2D eigenvalue weighted by molar-refractivity contribution is 5.82. The normalized spacial score (nSPS) is 27.8. The first-order valence-corrected chi connectivity index (χ1v) is 6.87. The largest absolute Gasteiger partial charge is 0.471 e. The summed E-state index contributed by atoms with van der Waals surface area (Å²) < 4.78 is 53.2. The van der Waals surface area contributed by atoms with Crippen LogP contribution < -0.4 is 5.32 Å². The quantitative estimate of drug-likeness (QED) is 0.480. The van der Waals surface area contributed by atoms with Crippen LogP contribution in [0.25, 0.3) is 0 Å². The second-order valence-electron chi connectivity index (χ2n) is 5.61. The molecule has 3 unspecified atom stereocenters. The fourth-order valence-electron chi connectivity index (χ4n) is 2.86. The van der Waals surface area contributed by atoms with Crippen molar-refractivity contribution in [3.8, 4) is 0 Å². The smallest absolute Gasteiger partial charge is 0.391 e. The number of hydrogen-bond donors (Lipinski definition) is 2. The van der Waals surface area contributed by atoms with E-state index < -0.39 is 52.6 Å². The number of aryl methyl sites for hydroxylation is 1. The van der Waals surface area contributed by atoms with E-state index in [2.05, 4.69) is 5.10 Å². The lowest BCUT2D eigenvalue weighted by Gasteiger charge is -2.37. The Bertz CT molecular complexity index is 662. The highest BCUT2D eigenvalue weighted by Crippen LogP contribution is 2.44. The molecule has 12 heteroatoms. The maximum absolute atomic E-state index is 15.3. The SMILES string of the molecule is Cn1ncc([N+](=O)[O-])c1C1(F)CCC(O)C(NC(=O)C(F)(F)F)C1. The van der Waals surface area contributed by atoms with E-state index in [9.17, 15) is 33.2 Å². The lowest BCUT2D eigenvalue weighted by molar-refractivity contribution is -0.386. The van der Waals surface area contributed by atoms with Crippen molar-refractivity contribution in [2.24, 2.45) is 7.05 Å². The van der Waals surface area contributed by atoms with Crippen LogP contribution in [0.2, 0.25) is 0 Å². The molecule has 2 rings (SSSR count). The van der Waals surface area contributed by atoms with Gasteiger partial charge in [0.25, 0.3) is 0 Å². The van der Waals surface area contributed by atoms with Crippen LogP contribution in [0.15, 0.2) is 6.20 Å². The minimum atomic E-state index is -5.19. The van der Waals surface area contributed by atoms with Gasteiger partial charge in [0.15, 0.2) is 11.4 Å². The number of carbonyl (C=O) groups is 1. The molecule has 0 aromatic carbocycles. The topological polar surface area (TPSA) is 110 Å². The number of aromatic nitrogens is 2. The Labute approximate surface area is 132 Å². The van der Waals surface area contributed by atoms with Crippen LogP contribution in [0, 0.1) is 10.1 Å². The van der Waals surface area contributed by atoms with Crippen molar-refractivity contribution >= 4 is 11.6 Å². The summed E-state index contributed by atoms with van der Waals surface area (Å²) in [5.74, 6) is -2.31. The van der Waals surface area contributed by atoms with Gasteiger partial charge in [-0.2, -0.15) is 18.3 Å². The number of nitro groups is 1. The van der Waals surface area contributed by atoms with E-state index >= 15 is 4.39 Å². The first-order valence-electron chi connectivity index (χ1n) is 6.87. The van der Waals surface area contributed by atoms with E-state index in [0.29, 0.717) is 0 Å². The van der Waals surface area contributed by atoms with Gasteiger partial charge in [-0.3, -0.25) is 19.6 Å². The molecular weight excluding hydrogens is 340 g/mol. The molecule has 8 nitrogen and oxygen atoms in total. The van der Waals surface area contributed by atoms with E-state index in [-0.39, 0.29) is 12.8 Å². The number of amides is 1. The van der Waals surface area contributed by atoms with E-state index in [1.165, 1.54) is 7.05 Å². The first kappa shape index (κ1) is 18.1. The zero-order valence-electron chi connectivity index (χ0n) is 12.4. The van der Waals surface area contributed by atoms with Crippen molar-refractivity contribution < 1.29 is 32.4 Å². The Balaban J connectivity index is 2.30. The molecule has 1 fully saturated rings. The number of alkyl halides is 4. The minimum Gasteiger partial charge on any atom is -0.391 e.